The number of pyridine rings is 1. The monoisotopic (exact) mass is 264 g/mol. The van der Waals surface area contributed by atoms with E-state index in [1.54, 1.807) is 6.92 Å². The van der Waals surface area contributed by atoms with Crippen LogP contribution in [0.3, 0.4) is 0 Å². The van der Waals surface area contributed by atoms with Crippen LogP contribution >= 0.6 is 0 Å². The molecule has 1 aromatic carbocycles. The van der Waals surface area contributed by atoms with Crippen molar-refractivity contribution in [3.63, 3.8) is 0 Å². The molecule has 2 rings (SSSR count). The van der Waals surface area contributed by atoms with Gasteiger partial charge in [0, 0.05) is 11.8 Å². The fourth-order valence-corrected chi connectivity index (χ4v) is 1.58. The molecule has 2 N–H and O–H groups in total. The van der Waals surface area contributed by atoms with Crippen molar-refractivity contribution >= 4 is 17.5 Å². The minimum absolute atomic E-state index is 0.0239. The Labute approximate surface area is 107 Å². The van der Waals surface area contributed by atoms with Crippen molar-refractivity contribution in [2.24, 2.45) is 0 Å². The molecule has 0 saturated carbocycles. The molecule has 0 aliphatic rings. The molecular formula is C13H10F2N2O2. The number of benzene rings is 1. The highest BCUT2D eigenvalue weighted by Crippen LogP contribution is 2.20. The number of rotatable bonds is 3. The van der Waals surface area contributed by atoms with Crippen LogP contribution < -0.4 is 5.32 Å². The van der Waals surface area contributed by atoms with Crippen molar-refractivity contribution in [3.05, 3.63) is 53.2 Å². The molecule has 6 heteroatoms. The summed E-state index contributed by atoms with van der Waals surface area (Å²) in [5, 5.41) is 11.5. The first-order chi connectivity index (χ1) is 8.95. The number of carboxylic acid groups (broad SMARTS) is 1. The van der Waals surface area contributed by atoms with Gasteiger partial charge in [-0.15, -0.1) is 0 Å². The first-order valence-corrected chi connectivity index (χ1v) is 5.40. The number of aromatic carboxylic acids is 1. The summed E-state index contributed by atoms with van der Waals surface area (Å²) in [5.41, 5.74) is 0.540. The molecule has 0 unspecified atom stereocenters. The standard InChI is InChI=1S/C13H10F2N2O2/c1-7-4-8(13(18)19)5-12(16-7)17-11-3-2-9(14)6-10(11)15/h2-6H,1H3,(H,16,17)(H,18,19). The maximum atomic E-state index is 13.4. The fourth-order valence-electron chi connectivity index (χ4n) is 1.58. The van der Waals surface area contributed by atoms with Gasteiger partial charge < -0.3 is 10.4 Å². The molecule has 0 spiro atoms. The van der Waals surface area contributed by atoms with Crippen molar-refractivity contribution in [1.82, 2.24) is 4.98 Å². The van der Waals surface area contributed by atoms with Crippen LogP contribution in [0.5, 0.6) is 0 Å². The average Bonchev–Trinajstić information content (AvgIpc) is 2.32. The largest absolute Gasteiger partial charge is 0.478 e. The van der Waals surface area contributed by atoms with E-state index in [0.717, 1.165) is 12.1 Å². The Bertz CT molecular complexity index is 645. The van der Waals surface area contributed by atoms with E-state index in [-0.39, 0.29) is 17.1 Å². The quantitative estimate of drug-likeness (QED) is 0.894. The molecule has 0 saturated heterocycles. The Morgan fingerprint density at radius 3 is 2.63 bits per heavy atom. The van der Waals surface area contributed by atoms with Crippen LogP contribution in [0.15, 0.2) is 30.3 Å². The van der Waals surface area contributed by atoms with Crippen LogP contribution in [0.1, 0.15) is 16.1 Å². The summed E-state index contributed by atoms with van der Waals surface area (Å²) in [6.07, 6.45) is 0. The Morgan fingerprint density at radius 1 is 1.26 bits per heavy atom. The predicted octanol–water partition coefficient (Wildman–Crippen LogP) is 3.11. The van der Waals surface area contributed by atoms with Crippen LogP contribution in [0.25, 0.3) is 0 Å². The van der Waals surface area contributed by atoms with Gasteiger partial charge in [-0.1, -0.05) is 0 Å². The summed E-state index contributed by atoms with van der Waals surface area (Å²) in [4.78, 5) is 14.9. The lowest BCUT2D eigenvalue weighted by atomic mass is 10.2. The molecule has 1 aromatic heterocycles. The summed E-state index contributed by atoms with van der Waals surface area (Å²) in [7, 11) is 0. The van der Waals surface area contributed by atoms with Crippen LogP contribution in [-0.2, 0) is 0 Å². The van der Waals surface area contributed by atoms with E-state index in [1.807, 2.05) is 0 Å². The minimum Gasteiger partial charge on any atom is -0.478 e. The molecule has 0 atom stereocenters. The van der Waals surface area contributed by atoms with Crippen molar-refractivity contribution in [3.8, 4) is 0 Å². The van der Waals surface area contributed by atoms with Gasteiger partial charge in [0.2, 0.25) is 0 Å². The van der Waals surface area contributed by atoms with E-state index in [2.05, 4.69) is 10.3 Å². The summed E-state index contributed by atoms with van der Waals surface area (Å²) >= 11 is 0. The number of carbonyl (C=O) groups is 1. The first kappa shape index (κ1) is 12.9. The van der Waals surface area contributed by atoms with Gasteiger partial charge in [-0.25, -0.2) is 18.6 Å². The molecule has 0 radical (unpaired) electrons. The number of aryl methyl sites for hydroxylation is 1. The lowest BCUT2D eigenvalue weighted by Crippen LogP contribution is -2.03. The van der Waals surface area contributed by atoms with Gasteiger partial charge in [0.25, 0.3) is 0 Å². The third kappa shape index (κ3) is 3.04. The van der Waals surface area contributed by atoms with Gasteiger partial charge >= 0.3 is 5.97 Å². The van der Waals surface area contributed by atoms with Gasteiger partial charge in [0.05, 0.1) is 11.3 Å². The third-order valence-corrected chi connectivity index (χ3v) is 2.39. The highest BCUT2D eigenvalue weighted by atomic mass is 19.1. The van der Waals surface area contributed by atoms with Crippen LogP contribution in [0.4, 0.5) is 20.3 Å². The molecule has 1 heterocycles. The molecule has 4 nitrogen and oxygen atoms in total. The van der Waals surface area contributed by atoms with Crippen LogP contribution in [0.2, 0.25) is 0 Å². The lowest BCUT2D eigenvalue weighted by molar-refractivity contribution is 0.0696. The minimum atomic E-state index is -1.10. The smallest absolute Gasteiger partial charge is 0.335 e. The third-order valence-electron chi connectivity index (χ3n) is 2.39. The molecule has 0 aliphatic carbocycles. The van der Waals surface area contributed by atoms with Crippen molar-refractivity contribution in [2.75, 3.05) is 5.32 Å². The van der Waals surface area contributed by atoms with Crippen molar-refractivity contribution < 1.29 is 18.7 Å². The first-order valence-electron chi connectivity index (χ1n) is 5.40. The SMILES string of the molecule is Cc1cc(C(=O)O)cc(Nc2ccc(F)cc2F)n1. The van der Waals surface area contributed by atoms with E-state index in [0.29, 0.717) is 5.69 Å². The topological polar surface area (TPSA) is 62.2 Å². The van der Waals surface area contributed by atoms with Gasteiger partial charge in [-0.05, 0) is 31.2 Å². The Kier molecular flexibility index (Phi) is 3.41. The number of nitrogens with one attached hydrogen (secondary N) is 1. The predicted molar refractivity (Wildman–Crippen MR) is 65.6 cm³/mol. The summed E-state index contributed by atoms with van der Waals surface area (Å²) in [5.74, 6) is -2.39. The second-order valence-corrected chi connectivity index (χ2v) is 3.94. The van der Waals surface area contributed by atoms with E-state index in [1.165, 1.54) is 18.2 Å². The second kappa shape index (κ2) is 5.01. The Balaban J connectivity index is 2.35. The Morgan fingerprint density at radius 2 is 2.00 bits per heavy atom. The van der Waals surface area contributed by atoms with Gasteiger partial charge in [-0.3, -0.25) is 0 Å². The normalized spacial score (nSPS) is 10.3. The highest BCUT2D eigenvalue weighted by molar-refractivity contribution is 5.88. The van der Waals surface area contributed by atoms with Crippen LogP contribution in [0, 0.1) is 18.6 Å². The Hall–Kier alpha value is -2.50. The maximum Gasteiger partial charge on any atom is 0.335 e. The number of aromatic nitrogens is 1. The van der Waals surface area contributed by atoms with Crippen molar-refractivity contribution in [1.29, 1.82) is 0 Å². The zero-order valence-electron chi connectivity index (χ0n) is 9.95. The number of hydrogen-bond donors (Lipinski definition) is 2. The molecule has 0 fully saturated rings. The number of hydrogen-bond acceptors (Lipinski definition) is 3. The molecule has 0 amide bonds. The zero-order valence-corrected chi connectivity index (χ0v) is 9.95. The molecule has 2 aromatic rings. The highest BCUT2D eigenvalue weighted by Gasteiger charge is 2.09. The van der Waals surface area contributed by atoms with E-state index >= 15 is 0 Å². The number of anilines is 2. The molecule has 0 aliphatic heterocycles. The summed E-state index contributed by atoms with van der Waals surface area (Å²) < 4.78 is 26.2. The molecule has 19 heavy (non-hydrogen) atoms. The fraction of sp³-hybridized carbons (Fsp3) is 0.0769. The average molecular weight is 264 g/mol. The number of nitrogens with zero attached hydrogens (tertiary/aromatic N) is 1. The maximum absolute atomic E-state index is 13.4. The molecule has 98 valence electrons. The van der Waals surface area contributed by atoms with Crippen molar-refractivity contribution in [2.45, 2.75) is 6.92 Å². The van der Waals surface area contributed by atoms with Crippen LogP contribution in [-0.4, -0.2) is 16.1 Å². The van der Waals surface area contributed by atoms with Gasteiger partial charge in [0.1, 0.15) is 17.5 Å². The number of halogens is 2. The molecular weight excluding hydrogens is 254 g/mol. The second-order valence-electron chi connectivity index (χ2n) is 3.94. The summed E-state index contributed by atoms with van der Waals surface area (Å²) in [6.45, 7) is 1.62. The lowest BCUT2D eigenvalue weighted by Gasteiger charge is -2.08. The summed E-state index contributed by atoms with van der Waals surface area (Å²) in [6, 6.07) is 5.72. The van der Waals surface area contributed by atoms with E-state index in [9.17, 15) is 13.6 Å². The zero-order chi connectivity index (χ0) is 14.0. The van der Waals surface area contributed by atoms with Gasteiger partial charge in [0.15, 0.2) is 0 Å². The molecule has 0 bridgehead atoms. The number of carboxylic acids is 1. The van der Waals surface area contributed by atoms with E-state index in [4.69, 9.17) is 5.11 Å². The van der Waals surface area contributed by atoms with E-state index < -0.39 is 17.6 Å². The van der Waals surface area contributed by atoms with Gasteiger partial charge in [-0.2, -0.15) is 0 Å².